The van der Waals surface area contributed by atoms with E-state index in [4.69, 9.17) is 0 Å². The predicted molar refractivity (Wildman–Crippen MR) is 61.1 cm³/mol. The second kappa shape index (κ2) is 4.45. The van der Waals surface area contributed by atoms with Crippen LogP contribution in [0.2, 0.25) is 0 Å². The van der Waals surface area contributed by atoms with Crippen molar-refractivity contribution in [3.63, 3.8) is 0 Å². The van der Waals surface area contributed by atoms with E-state index in [1.165, 1.54) is 6.92 Å². The minimum atomic E-state index is -4.06. The molecule has 0 aromatic rings. The Hall–Kier alpha value is -0.250. The van der Waals surface area contributed by atoms with Gasteiger partial charge in [0.15, 0.2) is 0 Å². The smallest absolute Gasteiger partial charge is 0.417 e. The van der Waals surface area contributed by atoms with Crippen LogP contribution >= 0.6 is 6.64 Å². The Morgan fingerprint density at radius 1 is 1.65 bits per heavy atom. The van der Waals surface area contributed by atoms with E-state index in [2.05, 4.69) is 20.7 Å². The van der Waals surface area contributed by atoms with Crippen LogP contribution in [0.1, 0.15) is 6.92 Å². The lowest BCUT2D eigenvalue weighted by Crippen LogP contribution is -2.46. The van der Waals surface area contributed by atoms with Gasteiger partial charge in [-0.25, -0.2) is 9.46 Å². The van der Waals surface area contributed by atoms with E-state index in [9.17, 15) is 23.0 Å². The molecule has 0 aliphatic carbocycles. The third-order valence-corrected chi connectivity index (χ3v) is 4.24. The molecule has 1 fully saturated rings. The zero-order valence-electron chi connectivity index (χ0n) is 9.06. The van der Waals surface area contributed by atoms with Gasteiger partial charge in [0.25, 0.3) is 16.8 Å². The molecule has 0 aromatic heterocycles. The number of ether oxygens (including phenoxy) is 1. The summed E-state index contributed by atoms with van der Waals surface area (Å²) in [5, 5.41) is 0. The quantitative estimate of drug-likeness (QED) is 0.522. The zero-order valence-corrected chi connectivity index (χ0v) is 11.6. The van der Waals surface area contributed by atoms with Gasteiger partial charge in [-0.15, -0.1) is 0 Å². The van der Waals surface area contributed by atoms with Crippen molar-refractivity contribution in [3.8, 4) is 0 Å². The van der Waals surface area contributed by atoms with Crippen LogP contribution in [0.3, 0.4) is 0 Å². The first kappa shape index (κ1) is 14.8. The van der Waals surface area contributed by atoms with Crippen LogP contribution in [-0.4, -0.2) is 54.0 Å². The SMILES string of the molecule is CC1(COS(C)(=O)=O)COC(=O)N1P(O)(O)=S. The van der Waals surface area contributed by atoms with Crippen LogP contribution in [-0.2, 0) is 30.8 Å². The minimum absolute atomic E-state index is 0.235. The van der Waals surface area contributed by atoms with E-state index >= 15 is 0 Å². The summed E-state index contributed by atoms with van der Waals surface area (Å²) in [6.45, 7) is -3.37. The fourth-order valence-electron chi connectivity index (χ4n) is 1.32. The van der Waals surface area contributed by atoms with E-state index in [-0.39, 0.29) is 6.61 Å². The largest absolute Gasteiger partial charge is 0.446 e. The molecule has 2 N–H and O–H groups in total. The number of rotatable bonds is 4. The van der Waals surface area contributed by atoms with Crippen molar-refractivity contribution in [2.45, 2.75) is 12.5 Å². The van der Waals surface area contributed by atoms with Crippen molar-refractivity contribution in [2.75, 3.05) is 19.5 Å². The summed E-state index contributed by atoms with van der Waals surface area (Å²) < 4.78 is 31.4. The van der Waals surface area contributed by atoms with Crippen molar-refractivity contribution in [1.82, 2.24) is 4.67 Å². The van der Waals surface area contributed by atoms with Crippen molar-refractivity contribution in [1.29, 1.82) is 0 Å². The van der Waals surface area contributed by atoms with E-state index in [1.807, 2.05) is 0 Å². The number of hydrogen-bond acceptors (Lipinski definition) is 6. The lowest BCUT2D eigenvalue weighted by Gasteiger charge is -2.32. The summed E-state index contributed by atoms with van der Waals surface area (Å²) in [5.41, 5.74) is -1.32. The highest BCUT2D eigenvalue weighted by Gasteiger charge is 2.50. The molecule has 11 heteroatoms. The maximum absolute atomic E-state index is 11.3. The Labute approximate surface area is 103 Å². The Kier molecular flexibility index (Phi) is 3.88. The van der Waals surface area contributed by atoms with E-state index in [0.29, 0.717) is 4.67 Å². The van der Waals surface area contributed by atoms with Crippen molar-refractivity contribution in [3.05, 3.63) is 0 Å². The highest BCUT2D eigenvalue weighted by atomic mass is 32.5. The number of carbonyl (C=O) groups excluding carboxylic acids is 1. The molecule has 0 radical (unpaired) electrons. The molecular formula is C6H12NO7PS2. The molecule has 1 saturated heterocycles. The highest BCUT2D eigenvalue weighted by molar-refractivity contribution is 8.08. The normalized spacial score (nSPS) is 26.1. The maximum Gasteiger partial charge on any atom is 0.417 e. The van der Waals surface area contributed by atoms with Crippen LogP contribution in [0.25, 0.3) is 0 Å². The highest BCUT2D eigenvalue weighted by Crippen LogP contribution is 2.49. The molecule has 1 atom stereocenters. The third kappa shape index (κ3) is 3.60. The van der Waals surface area contributed by atoms with Gasteiger partial charge >= 0.3 is 6.09 Å². The lowest BCUT2D eigenvalue weighted by atomic mass is 10.1. The van der Waals surface area contributed by atoms with E-state index in [1.54, 1.807) is 0 Å². The fourth-order valence-corrected chi connectivity index (χ4v) is 3.59. The molecule has 1 heterocycles. The van der Waals surface area contributed by atoms with Crippen molar-refractivity contribution < 1.29 is 31.9 Å². The second-order valence-electron chi connectivity index (χ2n) is 3.84. The van der Waals surface area contributed by atoms with Gasteiger partial charge in [-0.05, 0) is 18.7 Å². The maximum atomic E-state index is 11.3. The molecular weight excluding hydrogens is 293 g/mol. The first-order chi connectivity index (χ1) is 7.46. The topological polar surface area (TPSA) is 113 Å². The molecule has 0 spiro atoms. The van der Waals surface area contributed by atoms with Gasteiger partial charge in [0.1, 0.15) is 12.1 Å². The van der Waals surface area contributed by atoms with Crippen molar-refractivity contribution in [2.24, 2.45) is 0 Å². The summed E-state index contributed by atoms with van der Waals surface area (Å²) in [7, 11) is -3.71. The number of carbonyl (C=O) groups is 1. The number of hydrogen-bond donors (Lipinski definition) is 2. The zero-order chi connectivity index (χ0) is 13.5. The van der Waals surface area contributed by atoms with Crippen LogP contribution in [0.5, 0.6) is 0 Å². The fraction of sp³-hybridized carbons (Fsp3) is 0.833. The number of nitrogens with zero attached hydrogens (tertiary/aromatic N) is 1. The van der Waals surface area contributed by atoms with Crippen LogP contribution in [0.4, 0.5) is 4.79 Å². The Bertz CT molecular complexity index is 471. The van der Waals surface area contributed by atoms with Crippen LogP contribution < -0.4 is 0 Å². The Morgan fingerprint density at radius 3 is 2.59 bits per heavy atom. The molecule has 1 unspecified atom stereocenters. The molecule has 0 saturated carbocycles. The summed E-state index contributed by atoms with van der Waals surface area (Å²) in [5.74, 6) is 0. The molecule has 0 bridgehead atoms. The first-order valence-electron chi connectivity index (χ1n) is 4.33. The average Bonchev–Trinajstić information content (AvgIpc) is 2.38. The Balaban J connectivity index is 2.95. The van der Waals surface area contributed by atoms with Gasteiger partial charge in [0, 0.05) is 0 Å². The van der Waals surface area contributed by atoms with Crippen LogP contribution in [0, 0.1) is 0 Å². The van der Waals surface area contributed by atoms with Gasteiger partial charge in [-0.1, -0.05) is 0 Å². The molecule has 8 nitrogen and oxygen atoms in total. The minimum Gasteiger partial charge on any atom is -0.446 e. The molecule has 1 aliphatic heterocycles. The van der Waals surface area contributed by atoms with Gasteiger partial charge in [-0.3, -0.25) is 4.18 Å². The first-order valence-corrected chi connectivity index (χ1v) is 8.81. The standard InChI is InChI=1S/C6H12NO7PS2/c1-6(4-14-17(2,11)12)3-13-5(8)7(6)15(9,10)16/h3-4H2,1-2H3,(H2,9,10,16). The molecule has 1 amide bonds. The van der Waals surface area contributed by atoms with Crippen molar-refractivity contribution >= 4 is 34.7 Å². The average molecular weight is 305 g/mol. The van der Waals surface area contributed by atoms with E-state index < -0.39 is 35.0 Å². The Morgan fingerprint density at radius 2 is 2.18 bits per heavy atom. The summed E-state index contributed by atoms with van der Waals surface area (Å²) in [4.78, 5) is 30.0. The molecule has 1 rings (SSSR count). The molecule has 17 heavy (non-hydrogen) atoms. The van der Waals surface area contributed by atoms with E-state index in [0.717, 1.165) is 6.26 Å². The number of cyclic esters (lactones) is 1. The van der Waals surface area contributed by atoms with Gasteiger partial charge in [0.05, 0.1) is 12.9 Å². The summed E-state index contributed by atoms with van der Waals surface area (Å²) in [6.07, 6.45) is -0.162. The molecule has 1 aliphatic rings. The third-order valence-electron chi connectivity index (χ3n) is 2.04. The second-order valence-corrected chi connectivity index (χ2v) is 8.38. The lowest BCUT2D eigenvalue weighted by molar-refractivity contribution is 0.152. The molecule has 100 valence electrons. The summed E-state index contributed by atoms with van der Waals surface area (Å²) >= 11 is 4.42. The van der Waals surface area contributed by atoms with Gasteiger partial charge < -0.3 is 14.5 Å². The number of amides is 1. The van der Waals surface area contributed by atoms with Gasteiger partial charge in [-0.2, -0.15) is 8.42 Å². The van der Waals surface area contributed by atoms with Gasteiger partial charge in [0.2, 0.25) is 0 Å². The predicted octanol–water partition coefficient (Wildman–Crippen LogP) is -0.617. The summed E-state index contributed by atoms with van der Waals surface area (Å²) in [6, 6.07) is 0. The van der Waals surface area contributed by atoms with Crippen LogP contribution in [0.15, 0.2) is 0 Å². The monoisotopic (exact) mass is 305 g/mol. The molecule has 0 aromatic carbocycles.